The second-order valence-electron chi connectivity index (χ2n) is 4.88. The van der Waals surface area contributed by atoms with Gasteiger partial charge in [-0.05, 0) is 42.0 Å². The van der Waals surface area contributed by atoms with E-state index in [1.807, 2.05) is 6.07 Å². The molecule has 0 fully saturated rings. The van der Waals surface area contributed by atoms with Gasteiger partial charge in [-0.3, -0.25) is 0 Å². The summed E-state index contributed by atoms with van der Waals surface area (Å²) >= 11 is 7.92. The maximum absolute atomic E-state index is 6.21. The molecule has 2 nitrogen and oxygen atoms in total. The lowest BCUT2D eigenvalue weighted by Crippen LogP contribution is -2.22. The van der Waals surface area contributed by atoms with Crippen molar-refractivity contribution in [1.82, 2.24) is 4.41 Å². The van der Waals surface area contributed by atoms with Gasteiger partial charge in [-0.1, -0.05) is 53.9 Å². The van der Waals surface area contributed by atoms with Crippen LogP contribution < -0.4 is 5.43 Å². The van der Waals surface area contributed by atoms with Crippen LogP contribution in [0.5, 0.6) is 0 Å². The maximum Gasteiger partial charge on any atom is 0.0538 e. The van der Waals surface area contributed by atoms with Crippen LogP contribution in [0.4, 0.5) is 5.69 Å². The zero-order valence-electron chi connectivity index (χ0n) is 11.8. The van der Waals surface area contributed by atoms with Gasteiger partial charge in [0.15, 0.2) is 0 Å². The summed E-state index contributed by atoms with van der Waals surface area (Å²) in [4.78, 5) is 0. The molecule has 0 saturated carbocycles. The van der Waals surface area contributed by atoms with Gasteiger partial charge in [0.05, 0.1) is 5.69 Å². The van der Waals surface area contributed by atoms with E-state index in [0.29, 0.717) is 5.92 Å². The predicted octanol–water partition coefficient (Wildman–Crippen LogP) is 5.40. The molecule has 0 bridgehead atoms. The van der Waals surface area contributed by atoms with Crippen molar-refractivity contribution < 1.29 is 0 Å². The molecule has 1 aliphatic rings. The second kappa shape index (κ2) is 7.72. The molecule has 0 spiro atoms. The molecule has 1 N–H and O–H groups in total. The van der Waals surface area contributed by atoms with E-state index in [9.17, 15) is 0 Å². The van der Waals surface area contributed by atoms with Gasteiger partial charge < -0.3 is 5.43 Å². The first-order valence-corrected chi connectivity index (χ1v) is 8.26. The van der Waals surface area contributed by atoms with E-state index < -0.39 is 0 Å². The third-order valence-corrected chi connectivity index (χ3v) is 4.63. The van der Waals surface area contributed by atoms with E-state index in [1.54, 1.807) is 11.9 Å². The lowest BCUT2D eigenvalue weighted by Gasteiger charge is -2.19. The number of benzene rings is 2. The van der Waals surface area contributed by atoms with Gasteiger partial charge in [-0.15, -0.1) is 24.0 Å². The molecule has 1 atom stereocenters. The average molecular weight is 433 g/mol. The van der Waals surface area contributed by atoms with Crippen LogP contribution in [0.3, 0.4) is 0 Å². The van der Waals surface area contributed by atoms with Gasteiger partial charge in [0.2, 0.25) is 0 Å². The standard InChI is InChI=1S/C16H17ClN2S.HI/c1-20-19-10-9-14(12-5-3-2-4-6-12)15-11-13(17)7-8-16(15)18-19;/h2-8,11,14,18H,9-10H2,1H3;1H. The molecular weight excluding hydrogens is 415 g/mol. The van der Waals surface area contributed by atoms with Crippen molar-refractivity contribution >= 4 is 53.2 Å². The van der Waals surface area contributed by atoms with Gasteiger partial charge >= 0.3 is 0 Å². The molecule has 21 heavy (non-hydrogen) atoms. The van der Waals surface area contributed by atoms with Crippen LogP contribution in [-0.2, 0) is 0 Å². The minimum absolute atomic E-state index is 0. The summed E-state index contributed by atoms with van der Waals surface area (Å²) in [5.74, 6) is 0.384. The monoisotopic (exact) mass is 432 g/mol. The molecule has 2 aromatic carbocycles. The Morgan fingerprint density at radius 1 is 1.19 bits per heavy atom. The second-order valence-corrected chi connectivity index (χ2v) is 6.12. The van der Waals surface area contributed by atoms with Gasteiger partial charge in [-0.2, -0.15) is 4.41 Å². The highest BCUT2D eigenvalue weighted by Gasteiger charge is 2.23. The first-order valence-electron chi connectivity index (χ1n) is 6.70. The molecule has 0 aliphatic carbocycles. The van der Waals surface area contributed by atoms with Gasteiger partial charge in [-0.25, -0.2) is 0 Å². The zero-order valence-corrected chi connectivity index (χ0v) is 15.7. The number of hydrazine groups is 1. The fourth-order valence-electron chi connectivity index (χ4n) is 2.68. The van der Waals surface area contributed by atoms with Crippen molar-refractivity contribution in [3.05, 3.63) is 64.7 Å². The summed E-state index contributed by atoms with van der Waals surface area (Å²) < 4.78 is 2.18. The highest BCUT2D eigenvalue weighted by atomic mass is 127. The highest BCUT2D eigenvalue weighted by Crippen LogP contribution is 2.38. The predicted molar refractivity (Wildman–Crippen MR) is 104 cm³/mol. The van der Waals surface area contributed by atoms with Crippen molar-refractivity contribution in [3.63, 3.8) is 0 Å². The third kappa shape index (κ3) is 3.86. The summed E-state index contributed by atoms with van der Waals surface area (Å²) in [6.07, 6.45) is 3.16. The number of rotatable bonds is 2. The van der Waals surface area contributed by atoms with Crippen LogP contribution in [0, 0.1) is 0 Å². The van der Waals surface area contributed by atoms with E-state index in [1.165, 1.54) is 11.1 Å². The van der Waals surface area contributed by atoms with Crippen LogP contribution >= 0.6 is 47.5 Å². The molecular formula is C16H18ClIN2S. The summed E-state index contributed by atoms with van der Waals surface area (Å²) in [5.41, 5.74) is 7.25. The smallest absolute Gasteiger partial charge is 0.0538 e. The summed E-state index contributed by atoms with van der Waals surface area (Å²) in [7, 11) is 0. The molecule has 1 unspecified atom stereocenters. The zero-order chi connectivity index (χ0) is 13.9. The average Bonchev–Trinajstić information content (AvgIpc) is 2.67. The number of anilines is 1. The van der Waals surface area contributed by atoms with Crippen LogP contribution in [0.25, 0.3) is 0 Å². The Kier molecular flexibility index (Phi) is 6.22. The molecule has 0 amide bonds. The van der Waals surface area contributed by atoms with Crippen LogP contribution in [0.2, 0.25) is 5.02 Å². The molecule has 0 radical (unpaired) electrons. The summed E-state index contributed by atoms with van der Waals surface area (Å²) in [6, 6.07) is 16.8. The topological polar surface area (TPSA) is 15.3 Å². The fourth-order valence-corrected chi connectivity index (χ4v) is 3.34. The van der Waals surface area contributed by atoms with Gasteiger partial charge in [0.25, 0.3) is 0 Å². The minimum Gasteiger partial charge on any atom is -0.309 e. The van der Waals surface area contributed by atoms with Crippen molar-refractivity contribution in [3.8, 4) is 0 Å². The highest BCUT2D eigenvalue weighted by molar-refractivity contribution is 14.0. The van der Waals surface area contributed by atoms with Crippen molar-refractivity contribution in [2.24, 2.45) is 0 Å². The number of hydrogen-bond acceptors (Lipinski definition) is 3. The van der Waals surface area contributed by atoms with E-state index in [2.05, 4.69) is 58.6 Å². The Bertz CT molecular complexity index is 594. The number of nitrogens with one attached hydrogen (secondary N) is 1. The normalized spacial score (nSPS) is 18.1. The molecule has 5 heteroatoms. The third-order valence-electron chi connectivity index (χ3n) is 3.68. The van der Waals surface area contributed by atoms with Crippen LogP contribution in [0.1, 0.15) is 23.5 Å². The lowest BCUT2D eigenvalue weighted by atomic mass is 9.88. The number of hydrogen-bond donors (Lipinski definition) is 1. The van der Waals surface area contributed by atoms with Crippen LogP contribution in [-0.4, -0.2) is 17.2 Å². The van der Waals surface area contributed by atoms with Crippen molar-refractivity contribution in [2.45, 2.75) is 12.3 Å². The van der Waals surface area contributed by atoms with E-state index in [0.717, 1.165) is 23.7 Å². The van der Waals surface area contributed by atoms with Crippen molar-refractivity contribution in [1.29, 1.82) is 0 Å². The molecule has 2 aromatic rings. The van der Waals surface area contributed by atoms with Gasteiger partial charge in [0.1, 0.15) is 0 Å². The molecule has 112 valence electrons. The van der Waals surface area contributed by atoms with E-state index >= 15 is 0 Å². The first-order chi connectivity index (χ1) is 9.78. The molecule has 0 aromatic heterocycles. The molecule has 1 aliphatic heterocycles. The Labute approximate surface area is 152 Å². The van der Waals surface area contributed by atoms with Crippen molar-refractivity contribution in [2.75, 3.05) is 18.2 Å². The lowest BCUT2D eigenvalue weighted by molar-refractivity contribution is 0.532. The minimum atomic E-state index is 0. The maximum atomic E-state index is 6.21. The molecule has 0 saturated heterocycles. The SMILES string of the molecule is CSN1CCC(c2ccccc2)c2cc(Cl)ccc2N1.I. The largest absolute Gasteiger partial charge is 0.309 e. The van der Waals surface area contributed by atoms with E-state index in [4.69, 9.17) is 11.6 Å². The quantitative estimate of drug-likeness (QED) is 0.505. The van der Waals surface area contributed by atoms with E-state index in [-0.39, 0.29) is 24.0 Å². The number of nitrogens with zero attached hydrogens (tertiary/aromatic N) is 1. The molecule has 1 heterocycles. The number of fused-ring (bicyclic) bond motifs is 1. The Morgan fingerprint density at radius 3 is 2.67 bits per heavy atom. The Balaban J connectivity index is 0.00000161. The first kappa shape index (κ1) is 16.9. The fraction of sp³-hybridized carbons (Fsp3) is 0.250. The van der Waals surface area contributed by atoms with Gasteiger partial charge in [0, 0.05) is 17.5 Å². The number of halogens is 2. The summed E-state index contributed by atoms with van der Waals surface area (Å²) in [6.45, 7) is 0.993. The summed E-state index contributed by atoms with van der Waals surface area (Å²) in [5, 5.41) is 0.795. The Hall–Kier alpha value is -0.430. The Morgan fingerprint density at radius 2 is 1.95 bits per heavy atom. The molecule has 3 rings (SSSR count). The van der Waals surface area contributed by atoms with Crippen LogP contribution in [0.15, 0.2) is 48.5 Å².